The van der Waals surface area contributed by atoms with Crippen molar-refractivity contribution >= 4 is 17.9 Å². The predicted molar refractivity (Wildman–Crippen MR) is 315 cm³/mol. The summed E-state index contributed by atoms with van der Waals surface area (Å²) in [5, 5.41) is 0. The molecule has 0 aliphatic rings. The monoisotopic (exact) mass is 1000 g/mol. The van der Waals surface area contributed by atoms with Crippen LogP contribution in [0.25, 0.3) is 0 Å². The summed E-state index contributed by atoms with van der Waals surface area (Å²) >= 11 is 0. The van der Waals surface area contributed by atoms with Gasteiger partial charge < -0.3 is 14.2 Å². The van der Waals surface area contributed by atoms with E-state index in [-0.39, 0.29) is 44.4 Å². The maximum absolute atomic E-state index is 12.8. The zero-order chi connectivity index (χ0) is 52.9. The molecule has 0 aliphatic carbocycles. The smallest absolute Gasteiger partial charge is 0.306 e. The second-order valence-electron chi connectivity index (χ2n) is 18.5. The minimum absolute atomic E-state index is 0.145. The SMILES string of the molecule is CC/C=C\C/C=C\C/C=C\C/C=C\C/C=C\CCCCCC(=O)OC[C@H](COC(=O)CC/C=C\C/C=C\C/C=C\C/C=C\C/C=C\CCCCC)OC(=O)CCC/C=C\C/C=C\C/C=C\CCCCCCCC. The van der Waals surface area contributed by atoms with Gasteiger partial charge in [0, 0.05) is 19.3 Å². The highest BCUT2D eigenvalue weighted by atomic mass is 16.6. The van der Waals surface area contributed by atoms with E-state index in [0.29, 0.717) is 12.8 Å². The van der Waals surface area contributed by atoms with E-state index in [1.54, 1.807) is 0 Å². The van der Waals surface area contributed by atoms with Crippen molar-refractivity contribution in [3.63, 3.8) is 0 Å². The van der Waals surface area contributed by atoms with E-state index in [9.17, 15) is 14.4 Å². The lowest BCUT2D eigenvalue weighted by Crippen LogP contribution is -2.30. The number of unbranched alkanes of at least 4 members (excludes halogenated alkanes) is 13. The van der Waals surface area contributed by atoms with Crippen molar-refractivity contribution in [1.29, 1.82) is 0 Å². The third-order valence-corrected chi connectivity index (χ3v) is 11.5. The summed E-state index contributed by atoms with van der Waals surface area (Å²) in [6, 6.07) is 0. The first kappa shape index (κ1) is 68.0. The van der Waals surface area contributed by atoms with Crippen LogP contribution in [0.4, 0.5) is 0 Å². The number of hydrogen-bond donors (Lipinski definition) is 0. The molecular weight excluding hydrogens is 901 g/mol. The van der Waals surface area contributed by atoms with Crippen LogP contribution in [0.5, 0.6) is 0 Å². The van der Waals surface area contributed by atoms with E-state index in [2.05, 4.69) is 167 Å². The largest absolute Gasteiger partial charge is 0.462 e. The van der Waals surface area contributed by atoms with Gasteiger partial charge in [0.05, 0.1) is 0 Å². The highest BCUT2D eigenvalue weighted by Gasteiger charge is 2.19. The van der Waals surface area contributed by atoms with E-state index in [1.165, 1.54) is 70.6 Å². The Morgan fingerprint density at radius 1 is 0.288 bits per heavy atom. The van der Waals surface area contributed by atoms with E-state index in [0.717, 1.165) is 103 Å². The molecule has 6 nitrogen and oxygen atoms in total. The van der Waals surface area contributed by atoms with Gasteiger partial charge in [0.1, 0.15) is 13.2 Å². The van der Waals surface area contributed by atoms with Crippen molar-refractivity contribution in [3.05, 3.63) is 158 Å². The summed E-state index contributed by atoms with van der Waals surface area (Å²) in [6.07, 6.45) is 86.8. The second-order valence-corrected chi connectivity index (χ2v) is 18.5. The van der Waals surface area contributed by atoms with Gasteiger partial charge in [-0.1, -0.05) is 230 Å². The van der Waals surface area contributed by atoms with Gasteiger partial charge in [-0.25, -0.2) is 0 Å². The van der Waals surface area contributed by atoms with Crippen LogP contribution in [0.15, 0.2) is 158 Å². The Morgan fingerprint density at radius 3 is 0.986 bits per heavy atom. The molecule has 0 unspecified atom stereocenters. The molecule has 0 heterocycles. The van der Waals surface area contributed by atoms with Crippen LogP contribution in [-0.2, 0) is 28.6 Å². The fourth-order valence-corrected chi connectivity index (χ4v) is 7.17. The van der Waals surface area contributed by atoms with Crippen LogP contribution < -0.4 is 0 Å². The van der Waals surface area contributed by atoms with Gasteiger partial charge in [0.25, 0.3) is 0 Å². The molecule has 0 bridgehead atoms. The lowest BCUT2D eigenvalue weighted by Gasteiger charge is -2.18. The Morgan fingerprint density at radius 2 is 0.575 bits per heavy atom. The average molecular weight is 1010 g/mol. The van der Waals surface area contributed by atoms with Crippen molar-refractivity contribution in [2.45, 2.75) is 232 Å². The number of rotatable bonds is 50. The first-order chi connectivity index (χ1) is 36.0. The van der Waals surface area contributed by atoms with Gasteiger partial charge >= 0.3 is 17.9 Å². The first-order valence-electron chi connectivity index (χ1n) is 29.0. The quantitative estimate of drug-likeness (QED) is 0.0261. The Labute approximate surface area is 448 Å². The van der Waals surface area contributed by atoms with Gasteiger partial charge in [-0.3, -0.25) is 14.4 Å². The summed E-state index contributed by atoms with van der Waals surface area (Å²) in [5.41, 5.74) is 0. The summed E-state index contributed by atoms with van der Waals surface area (Å²) in [5.74, 6) is -1.12. The number of carbonyl (C=O) groups is 3. The van der Waals surface area contributed by atoms with Crippen molar-refractivity contribution in [2.24, 2.45) is 0 Å². The van der Waals surface area contributed by atoms with Gasteiger partial charge in [0.2, 0.25) is 0 Å². The maximum Gasteiger partial charge on any atom is 0.306 e. The van der Waals surface area contributed by atoms with Crippen LogP contribution in [0.1, 0.15) is 226 Å². The first-order valence-corrected chi connectivity index (χ1v) is 29.0. The number of carbonyl (C=O) groups excluding carboxylic acids is 3. The Hall–Kier alpha value is -4.97. The fourth-order valence-electron chi connectivity index (χ4n) is 7.17. The molecule has 0 N–H and O–H groups in total. The van der Waals surface area contributed by atoms with Gasteiger partial charge in [-0.05, 0) is 135 Å². The topological polar surface area (TPSA) is 78.9 Å². The molecule has 73 heavy (non-hydrogen) atoms. The number of esters is 3. The highest BCUT2D eigenvalue weighted by molar-refractivity contribution is 5.71. The molecule has 0 saturated carbocycles. The highest BCUT2D eigenvalue weighted by Crippen LogP contribution is 2.11. The minimum atomic E-state index is -0.857. The summed E-state index contributed by atoms with van der Waals surface area (Å²) in [7, 11) is 0. The lowest BCUT2D eigenvalue weighted by atomic mass is 10.1. The molecular formula is C67H104O6. The molecule has 0 aromatic carbocycles. The number of hydrogen-bond acceptors (Lipinski definition) is 6. The minimum Gasteiger partial charge on any atom is -0.462 e. The zero-order valence-corrected chi connectivity index (χ0v) is 46.6. The Kier molecular flexibility index (Phi) is 55.5. The lowest BCUT2D eigenvalue weighted by molar-refractivity contribution is -0.166. The third-order valence-electron chi connectivity index (χ3n) is 11.5. The predicted octanol–water partition coefficient (Wildman–Crippen LogP) is 19.8. The number of ether oxygens (including phenoxy) is 3. The molecule has 0 aromatic rings. The molecule has 0 aromatic heterocycles. The van der Waals surface area contributed by atoms with E-state index in [1.807, 2.05) is 12.2 Å². The normalized spacial score (nSPS) is 13.3. The van der Waals surface area contributed by atoms with Crippen molar-refractivity contribution in [3.8, 4) is 0 Å². The molecule has 0 rings (SSSR count). The molecule has 0 amide bonds. The van der Waals surface area contributed by atoms with E-state index < -0.39 is 12.1 Å². The summed E-state index contributed by atoms with van der Waals surface area (Å²) in [6.45, 7) is 6.34. The zero-order valence-electron chi connectivity index (χ0n) is 46.6. The van der Waals surface area contributed by atoms with Gasteiger partial charge in [-0.2, -0.15) is 0 Å². The van der Waals surface area contributed by atoms with Crippen LogP contribution in [0.2, 0.25) is 0 Å². The Bertz CT molecular complexity index is 1670. The fraction of sp³-hybridized carbons (Fsp3) is 0.567. The Balaban J connectivity index is 4.66. The second kappa shape index (κ2) is 59.6. The molecule has 0 radical (unpaired) electrons. The molecule has 0 saturated heterocycles. The van der Waals surface area contributed by atoms with Crippen LogP contribution in [0.3, 0.4) is 0 Å². The van der Waals surface area contributed by atoms with Crippen LogP contribution in [0, 0.1) is 0 Å². The molecule has 408 valence electrons. The van der Waals surface area contributed by atoms with Gasteiger partial charge in [0.15, 0.2) is 6.10 Å². The summed E-state index contributed by atoms with van der Waals surface area (Å²) < 4.78 is 16.7. The van der Waals surface area contributed by atoms with E-state index >= 15 is 0 Å². The number of allylic oxidation sites excluding steroid dienone is 26. The average Bonchev–Trinajstić information content (AvgIpc) is 3.39. The van der Waals surface area contributed by atoms with Crippen molar-refractivity contribution in [2.75, 3.05) is 13.2 Å². The maximum atomic E-state index is 12.8. The standard InChI is InChI=1S/C67H104O6/c1-4-7-10-13-16-19-22-25-28-31-33-36-38-41-44-47-50-53-56-59-65(68)71-62-64(73-67(70)61-58-55-52-49-46-43-40-35-30-27-24-21-18-15-12-9-6-3)63-72-66(69)60-57-54-51-48-45-42-39-37-34-32-29-26-23-20-17-14-11-8-5-2/h7,10,16-17,19-20,25-30,33-34,36-37,40-45,49,51-52,54,64H,4-6,8-9,11-15,18,21-24,31-32,35,38-39,46-48,50,53,55-63H2,1-3H3/b10-7-,19-16-,20-17-,28-25-,29-26-,30-27-,36-33-,37-34-,43-40-,44-41-,45-42-,52-49-,54-51-/t64-/m1/s1. The molecule has 0 fully saturated rings. The van der Waals surface area contributed by atoms with E-state index in [4.69, 9.17) is 14.2 Å². The van der Waals surface area contributed by atoms with Crippen molar-refractivity contribution < 1.29 is 28.6 Å². The van der Waals surface area contributed by atoms with Crippen LogP contribution in [-0.4, -0.2) is 37.2 Å². The third kappa shape index (κ3) is 57.8. The van der Waals surface area contributed by atoms with Crippen LogP contribution >= 0.6 is 0 Å². The molecule has 1 atom stereocenters. The summed E-state index contributed by atoms with van der Waals surface area (Å²) in [4.78, 5) is 38.1. The molecule has 0 spiro atoms. The van der Waals surface area contributed by atoms with Crippen molar-refractivity contribution in [1.82, 2.24) is 0 Å². The molecule has 6 heteroatoms. The molecule has 0 aliphatic heterocycles. The van der Waals surface area contributed by atoms with Gasteiger partial charge in [-0.15, -0.1) is 0 Å².